The van der Waals surface area contributed by atoms with Crippen molar-refractivity contribution in [2.75, 3.05) is 0 Å². The molecular weight excluding hydrogens is 237 g/mol. The smallest absolute Gasteiger partial charge is 0.338 e. The van der Waals surface area contributed by atoms with Gasteiger partial charge in [0, 0.05) is 0 Å². The van der Waals surface area contributed by atoms with Crippen LogP contribution in [0, 0.1) is 0 Å². The molecule has 0 aliphatic rings. The molecule has 92 valence electrons. The van der Waals surface area contributed by atoms with Crippen molar-refractivity contribution in [3.05, 3.63) is 0 Å². The highest BCUT2D eigenvalue weighted by Crippen LogP contribution is 2.26. The lowest BCUT2D eigenvalue weighted by Crippen LogP contribution is -2.48. The predicted octanol–water partition coefficient (Wildman–Crippen LogP) is 1.21. The fraction of sp³-hybridized carbons (Fsp3) is 1.00. The molecule has 0 aromatic heterocycles. The van der Waals surface area contributed by atoms with Crippen LogP contribution in [-0.2, 0) is 0 Å². The van der Waals surface area contributed by atoms with Crippen molar-refractivity contribution < 1.29 is 40.9 Å². The van der Waals surface area contributed by atoms with Crippen molar-refractivity contribution in [1.82, 2.24) is 0 Å². The van der Waals surface area contributed by atoms with Gasteiger partial charge in [-0.1, -0.05) is 0 Å². The fourth-order valence-corrected chi connectivity index (χ4v) is 0.679. The third-order valence-corrected chi connectivity index (χ3v) is 1.48. The lowest BCUT2D eigenvalue weighted by atomic mass is 10.1. The molecular formula is C6H7F7O2. The monoisotopic (exact) mass is 244 g/mol. The van der Waals surface area contributed by atoms with Crippen LogP contribution in [0.5, 0.6) is 0 Å². The fourth-order valence-electron chi connectivity index (χ4n) is 0.679. The summed E-state index contributed by atoms with van der Waals surface area (Å²) >= 11 is 0. The molecule has 9 heteroatoms. The highest BCUT2D eigenvalue weighted by Gasteiger charge is 2.49. The van der Waals surface area contributed by atoms with E-state index in [2.05, 4.69) is 0 Å². The van der Waals surface area contributed by atoms with Crippen LogP contribution >= 0.6 is 0 Å². The van der Waals surface area contributed by atoms with Crippen molar-refractivity contribution in [2.24, 2.45) is 0 Å². The number of rotatable bonds is 5. The lowest BCUT2D eigenvalue weighted by molar-refractivity contribution is -0.307. The molecule has 0 saturated heterocycles. The molecule has 0 fully saturated rings. The minimum atomic E-state index is -4.76. The highest BCUT2D eigenvalue weighted by molar-refractivity contribution is 4.86. The summed E-state index contributed by atoms with van der Waals surface area (Å²) in [5.41, 5.74) is 0. The number of aliphatic hydroxyl groups is 2. The Hall–Kier alpha value is -0.570. The molecule has 0 radical (unpaired) electrons. The number of halogens is 7. The molecule has 0 amide bonds. The average molecular weight is 244 g/mol. The zero-order valence-corrected chi connectivity index (χ0v) is 6.93. The van der Waals surface area contributed by atoms with Gasteiger partial charge < -0.3 is 10.2 Å². The number of alkyl halides is 7. The van der Waals surface area contributed by atoms with Gasteiger partial charge >= 0.3 is 6.04 Å². The summed E-state index contributed by atoms with van der Waals surface area (Å²) in [5.74, 6) is 0. The zero-order chi connectivity index (χ0) is 12.4. The summed E-state index contributed by atoms with van der Waals surface area (Å²) in [6, 6.07) is -4.76. The Bertz CT molecular complexity index is 194. The van der Waals surface area contributed by atoms with Gasteiger partial charge in [0.05, 0.1) is 0 Å². The first-order valence-corrected chi connectivity index (χ1v) is 3.57. The molecule has 2 nitrogen and oxygen atoms in total. The maximum atomic E-state index is 12.4. The summed E-state index contributed by atoms with van der Waals surface area (Å²) in [4.78, 5) is 0. The molecule has 0 saturated carbocycles. The van der Waals surface area contributed by atoms with E-state index in [-0.39, 0.29) is 0 Å². The summed E-state index contributed by atoms with van der Waals surface area (Å²) < 4.78 is 84.0. The molecule has 0 aliphatic heterocycles. The van der Waals surface area contributed by atoms with Gasteiger partial charge in [-0.05, 0) is 0 Å². The Morgan fingerprint density at radius 1 is 0.733 bits per heavy atom. The SMILES string of the molecule is OC(O)(F)C(F)C(F)C(F)C(F)C(F)F. The summed E-state index contributed by atoms with van der Waals surface area (Å²) in [6.45, 7) is 0. The van der Waals surface area contributed by atoms with Gasteiger partial charge in [-0.3, -0.25) is 0 Å². The normalized spacial score (nSPS) is 21.2. The summed E-state index contributed by atoms with van der Waals surface area (Å²) in [7, 11) is 0. The third-order valence-electron chi connectivity index (χ3n) is 1.48. The Kier molecular flexibility index (Phi) is 4.78. The second-order valence-electron chi connectivity index (χ2n) is 2.71. The van der Waals surface area contributed by atoms with Crippen LogP contribution in [0.4, 0.5) is 30.7 Å². The summed E-state index contributed by atoms with van der Waals surface area (Å²) in [5, 5.41) is 15.6. The second-order valence-corrected chi connectivity index (χ2v) is 2.71. The van der Waals surface area contributed by atoms with Crippen molar-refractivity contribution >= 4 is 0 Å². The Morgan fingerprint density at radius 3 is 1.40 bits per heavy atom. The molecule has 0 aliphatic carbocycles. The highest BCUT2D eigenvalue weighted by atomic mass is 19.3. The predicted molar refractivity (Wildman–Crippen MR) is 33.9 cm³/mol. The van der Waals surface area contributed by atoms with Crippen molar-refractivity contribution in [1.29, 1.82) is 0 Å². The van der Waals surface area contributed by atoms with E-state index in [4.69, 9.17) is 10.2 Å². The molecule has 0 spiro atoms. The first-order valence-electron chi connectivity index (χ1n) is 3.57. The van der Waals surface area contributed by atoms with Gasteiger partial charge in [0.15, 0.2) is 18.5 Å². The van der Waals surface area contributed by atoms with Crippen molar-refractivity contribution in [3.63, 3.8) is 0 Å². The van der Waals surface area contributed by atoms with Gasteiger partial charge in [-0.25, -0.2) is 26.3 Å². The molecule has 0 aromatic carbocycles. The largest absolute Gasteiger partial charge is 0.350 e. The van der Waals surface area contributed by atoms with Crippen LogP contribution in [0.1, 0.15) is 0 Å². The first kappa shape index (κ1) is 14.4. The minimum absolute atomic E-state index is 3.68. The quantitative estimate of drug-likeness (QED) is 0.563. The maximum Gasteiger partial charge on any atom is 0.350 e. The molecule has 0 rings (SSSR count). The van der Waals surface area contributed by atoms with Gasteiger partial charge in [-0.2, -0.15) is 4.39 Å². The Balaban J connectivity index is 4.51. The second kappa shape index (κ2) is 4.97. The molecule has 15 heavy (non-hydrogen) atoms. The van der Waals surface area contributed by atoms with E-state index in [0.29, 0.717) is 0 Å². The molecule has 4 unspecified atom stereocenters. The third kappa shape index (κ3) is 3.82. The minimum Gasteiger partial charge on any atom is -0.338 e. The molecule has 0 bridgehead atoms. The van der Waals surface area contributed by atoms with Crippen LogP contribution < -0.4 is 0 Å². The van der Waals surface area contributed by atoms with E-state index in [1.165, 1.54) is 0 Å². The summed E-state index contributed by atoms with van der Waals surface area (Å²) in [6.07, 6.45) is -19.0. The standard InChI is InChI=1S/C6H7F7O2/c7-1(3(9)5(11)12)2(8)4(10)6(13,14)15/h1-5,14-15H. The Morgan fingerprint density at radius 2 is 1.13 bits per heavy atom. The number of hydrogen-bond acceptors (Lipinski definition) is 2. The van der Waals surface area contributed by atoms with Crippen LogP contribution in [0.15, 0.2) is 0 Å². The topological polar surface area (TPSA) is 40.5 Å². The zero-order valence-electron chi connectivity index (χ0n) is 6.93. The van der Waals surface area contributed by atoms with Crippen LogP contribution in [-0.4, -0.2) is 47.4 Å². The van der Waals surface area contributed by atoms with E-state index in [0.717, 1.165) is 0 Å². The first-order chi connectivity index (χ1) is 6.59. The van der Waals surface area contributed by atoms with Gasteiger partial charge in [0.1, 0.15) is 0 Å². The molecule has 4 atom stereocenters. The Labute approximate surface area is 79.3 Å². The van der Waals surface area contributed by atoms with Crippen LogP contribution in [0.2, 0.25) is 0 Å². The van der Waals surface area contributed by atoms with Gasteiger partial charge in [-0.15, -0.1) is 0 Å². The molecule has 0 heterocycles. The van der Waals surface area contributed by atoms with Crippen LogP contribution in [0.3, 0.4) is 0 Å². The van der Waals surface area contributed by atoms with Crippen molar-refractivity contribution in [2.45, 2.75) is 37.2 Å². The van der Waals surface area contributed by atoms with Gasteiger partial charge in [0.2, 0.25) is 6.17 Å². The van der Waals surface area contributed by atoms with E-state index < -0.39 is 37.2 Å². The average Bonchev–Trinajstić information content (AvgIpc) is 2.11. The van der Waals surface area contributed by atoms with E-state index in [1.807, 2.05) is 0 Å². The maximum absolute atomic E-state index is 12.4. The van der Waals surface area contributed by atoms with Crippen LogP contribution in [0.25, 0.3) is 0 Å². The number of hydrogen-bond donors (Lipinski definition) is 2. The molecule has 0 aromatic rings. The lowest BCUT2D eigenvalue weighted by Gasteiger charge is -2.23. The van der Waals surface area contributed by atoms with E-state index >= 15 is 0 Å². The van der Waals surface area contributed by atoms with E-state index in [1.54, 1.807) is 0 Å². The van der Waals surface area contributed by atoms with Gasteiger partial charge in [0.25, 0.3) is 6.43 Å². The van der Waals surface area contributed by atoms with E-state index in [9.17, 15) is 30.7 Å². The molecule has 2 N–H and O–H groups in total. The van der Waals surface area contributed by atoms with Crippen molar-refractivity contribution in [3.8, 4) is 0 Å².